The Morgan fingerprint density at radius 2 is 1.65 bits per heavy atom. The van der Waals surface area contributed by atoms with Crippen LogP contribution in [0, 0.1) is 40.0 Å². The molecule has 0 aliphatic heterocycles. The smallest absolute Gasteiger partial charge is 0.115 e. The van der Waals surface area contributed by atoms with Crippen LogP contribution in [0.1, 0.15) is 27.8 Å². The van der Waals surface area contributed by atoms with Crippen molar-refractivity contribution in [3.63, 3.8) is 0 Å². The molecule has 0 unspecified atom stereocenters. The zero-order valence-electron chi connectivity index (χ0n) is 19.4. The molecule has 2 nitrogen and oxygen atoms in total. The van der Waals surface area contributed by atoms with E-state index in [0.717, 1.165) is 28.0 Å². The summed E-state index contributed by atoms with van der Waals surface area (Å²) in [7, 11) is 11.2. The fraction of sp³-hybridized carbons (Fsp3) is 0.222. The first kappa shape index (κ1) is 24.1. The monoisotopic (exact) mass is 403 g/mol. The summed E-state index contributed by atoms with van der Waals surface area (Å²) in [5.74, 6) is 2.71. The third-order valence-electron chi connectivity index (χ3n) is 5.41. The topological polar surface area (TPSA) is 6.25 Å². The number of nitrogens with zero attached hydrogens (tertiary/aromatic N) is 2. The van der Waals surface area contributed by atoms with Gasteiger partial charge >= 0.3 is 0 Å². The van der Waals surface area contributed by atoms with Crippen LogP contribution in [-0.2, 0) is 0 Å². The molecular weight excluding hydrogens is 374 g/mol. The first-order valence-electron chi connectivity index (χ1n) is 10.2. The van der Waals surface area contributed by atoms with E-state index in [2.05, 4.69) is 51.1 Å². The normalized spacial score (nSPS) is 12.1. The lowest BCUT2D eigenvalue weighted by Crippen LogP contribution is -2.23. The Kier molecular flexibility index (Phi) is 8.76. The van der Waals surface area contributed by atoms with E-state index in [1.807, 2.05) is 73.1 Å². The zero-order chi connectivity index (χ0) is 23.0. The highest BCUT2D eigenvalue weighted by Crippen LogP contribution is 2.20. The lowest BCUT2D eigenvalue weighted by atomic mass is 9.49. The van der Waals surface area contributed by atoms with Crippen LogP contribution in [0.2, 0.25) is 0 Å². The van der Waals surface area contributed by atoms with Gasteiger partial charge in [0.25, 0.3) is 0 Å². The first-order valence-corrected chi connectivity index (χ1v) is 10.2. The Balaban J connectivity index is 2.01. The van der Waals surface area contributed by atoms with Gasteiger partial charge in [0.15, 0.2) is 0 Å². The van der Waals surface area contributed by atoms with Crippen molar-refractivity contribution < 1.29 is 4.58 Å². The van der Waals surface area contributed by atoms with Gasteiger partial charge in [0.05, 0.1) is 7.17 Å². The molecule has 4 heteroatoms. The molecule has 0 saturated heterocycles. The molecule has 0 aliphatic rings. The SMILES string of the molecule is [B][B]c1c(C)cc(N(C)C=CC=C/C=C/[C-]=[N+](C)c2cc(C)c(C)c(C)c2)cc1C#C. The van der Waals surface area contributed by atoms with Crippen LogP contribution in [0.25, 0.3) is 0 Å². The number of allylic oxidation sites excluding steroid dienone is 5. The molecule has 0 aliphatic carbocycles. The van der Waals surface area contributed by atoms with Crippen LogP contribution in [-0.4, -0.2) is 39.8 Å². The summed E-state index contributed by atoms with van der Waals surface area (Å²) < 4.78 is 2.00. The van der Waals surface area contributed by atoms with Gasteiger partial charge in [-0.3, -0.25) is 0 Å². The van der Waals surface area contributed by atoms with Gasteiger partial charge in [-0.25, -0.2) is 0 Å². The van der Waals surface area contributed by atoms with Crippen LogP contribution in [0.4, 0.5) is 11.4 Å². The maximum Gasteiger partial charge on any atom is 0.115 e. The molecule has 0 saturated carbocycles. The van der Waals surface area contributed by atoms with E-state index in [-0.39, 0.29) is 0 Å². The number of hydrogen-bond donors (Lipinski definition) is 0. The third-order valence-corrected chi connectivity index (χ3v) is 5.41. The van der Waals surface area contributed by atoms with Gasteiger partial charge in [0, 0.05) is 32.2 Å². The van der Waals surface area contributed by atoms with Gasteiger partial charge in [-0.05, 0) is 63.6 Å². The van der Waals surface area contributed by atoms with E-state index in [4.69, 9.17) is 14.2 Å². The Bertz CT molecular complexity index is 1080. The van der Waals surface area contributed by atoms with Gasteiger partial charge in [-0.15, -0.1) is 18.6 Å². The molecule has 0 heterocycles. The Morgan fingerprint density at radius 3 is 2.26 bits per heavy atom. The molecule has 0 bridgehead atoms. The predicted octanol–water partition coefficient (Wildman–Crippen LogP) is 4.30. The summed E-state index contributed by atoms with van der Waals surface area (Å²) in [6.07, 6.45) is 20.7. The molecule has 0 atom stereocenters. The van der Waals surface area contributed by atoms with E-state index in [1.165, 1.54) is 16.7 Å². The van der Waals surface area contributed by atoms with Crippen molar-refractivity contribution in [2.24, 2.45) is 0 Å². The average Bonchev–Trinajstić information content (AvgIpc) is 2.75. The van der Waals surface area contributed by atoms with Gasteiger partial charge < -0.3 is 9.48 Å². The quantitative estimate of drug-likeness (QED) is 0.167. The second kappa shape index (κ2) is 11.3. The van der Waals surface area contributed by atoms with E-state index < -0.39 is 0 Å². The molecule has 2 aromatic rings. The minimum Gasteiger partial charge on any atom is -0.351 e. The highest BCUT2D eigenvalue weighted by atomic mass is 15.1. The van der Waals surface area contributed by atoms with Gasteiger partial charge in [-0.1, -0.05) is 34.1 Å². The van der Waals surface area contributed by atoms with E-state index in [1.54, 1.807) is 7.17 Å². The molecule has 0 amide bonds. The van der Waals surface area contributed by atoms with Crippen molar-refractivity contribution in [3.8, 4) is 12.3 Å². The van der Waals surface area contributed by atoms with Crippen LogP contribution >= 0.6 is 0 Å². The first-order chi connectivity index (χ1) is 14.8. The Hall–Kier alpha value is -3.18. The second-order valence-corrected chi connectivity index (χ2v) is 7.62. The van der Waals surface area contributed by atoms with Crippen molar-refractivity contribution in [1.82, 2.24) is 0 Å². The van der Waals surface area contributed by atoms with Gasteiger partial charge in [0.2, 0.25) is 0 Å². The van der Waals surface area contributed by atoms with E-state index >= 15 is 0 Å². The molecule has 0 spiro atoms. The number of benzene rings is 2. The number of terminal acetylenes is 1. The minimum atomic E-state index is 0.797. The van der Waals surface area contributed by atoms with Crippen LogP contribution in [0.5, 0.6) is 0 Å². The van der Waals surface area contributed by atoms with Gasteiger partial charge in [-0.2, -0.15) is 6.08 Å². The maximum absolute atomic E-state index is 5.69. The van der Waals surface area contributed by atoms with Crippen molar-refractivity contribution in [3.05, 3.63) is 88.7 Å². The predicted molar refractivity (Wildman–Crippen MR) is 138 cm³/mol. The highest BCUT2D eigenvalue weighted by Gasteiger charge is 2.06. The second-order valence-electron chi connectivity index (χ2n) is 7.62. The van der Waals surface area contributed by atoms with E-state index in [9.17, 15) is 0 Å². The van der Waals surface area contributed by atoms with Gasteiger partial charge in [0.1, 0.15) is 18.9 Å². The Labute approximate surface area is 190 Å². The van der Waals surface area contributed by atoms with Crippen molar-refractivity contribution >= 4 is 38.0 Å². The Morgan fingerprint density at radius 1 is 1.00 bits per heavy atom. The van der Waals surface area contributed by atoms with E-state index in [0.29, 0.717) is 0 Å². The minimum absolute atomic E-state index is 0.797. The van der Waals surface area contributed by atoms with Crippen LogP contribution < -0.4 is 10.4 Å². The van der Waals surface area contributed by atoms with Crippen molar-refractivity contribution in [2.75, 3.05) is 19.0 Å². The van der Waals surface area contributed by atoms with Crippen molar-refractivity contribution in [1.29, 1.82) is 0 Å². The van der Waals surface area contributed by atoms with Crippen LogP contribution in [0.15, 0.2) is 60.8 Å². The molecule has 0 fully saturated rings. The largest absolute Gasteiger partial charge is 0.351 e. The molecule has 0 N–H and O–H groups in total. The summed E-state index contributed by atoms with van der Waals surface area (Å²) in [5.41, 5.74) is 8.84. The zero-order valence-corrected chi connectivity index (χ0v) is 19.4. The lowest BCUT2D eigenvalue weighted by molar-refractivity contribution is -0.398. The lowest BCUT2D eigenvalue weighted by Gasteiger charge is -2.17. The highest BCUT2D eigenvalue weighted by molar-refractivity contribution is 6.98. The number of aryl methyl sites for hydroxylation is 3. The molecule has 0 aromatic heterocycles. The number of anilines is 1. The fourth-order valence-electron chi connectivity index (χ4n) is 3.21. The number of hydrogen-bond acceptors (Lipinski definition) is 1. The molecule has 3 radical (unpaired) electrons. The molecular formula is C27H29B2N2. The standard InChI is InChI=1S/C27H29B2N2/c1-8-24-19-26(18-22(4)27(24)29-28)31(7)15-13-11-9-10-12-14-30(6)25-16-20(2)23(5)21(3)17-25/h1,9-13,15-19H,2-7H3/b11-9?,12-10+,15-13?. The van der Waals surface area contributed by atoms with Crippen LogP contribution in [0.3, 0.4) is 0 Å². The number of rotatable bonds is 7. The molecule has 153 valence electrons. The molecule has 31 heavy (non-hydrogen) atoms. The maximum atomic E-state index is 5.69. The summed E-state index contributed by atoms with van der Waals surface area (Å²) in [6, 6.07) is 8.40. The average molecular weight is 403 g/mol. The molecule has 2 rings (SSSR count). The summed E-state index contributed by atoms with van der Waals surface area (Å²) >= 11 is 0. The van der Waals surface area contributed by atoms with Crippen molar-refractivity contribution in [2.45, 2.75) is 27.7 Å². The fourth-order valence-corrected chi connectivity index (χ4v) is 3.21. The summed E-state index contributed by atoms with van der Waals surface area (Å²) in [4.78, 5) is 2.02. The summed E-state index contributed by atoms with van der Waals surface area (Å²) in [6.45, 7) is 8.44. The third kappa shape index (κ3) is 6.40. The molecule has 2 aromatic carbocycles. The summed E-state index contributed by atoms with van der Waals surface area (Å²) in [5, 5.41) is 0.